The van der Waals surface area contributed by atoms with Crippen molar-refractivity contribution in [1.29, 1.82) is 0 Å². The summed E-state index contributed by atoms with van der Waals surface area (Å²) in [6.45, 7) is 3.28. The van der Waals surface area contributed by atoms with Crippen molar-refractivity contribution < 1.29 is 38.8 Å². The highest BCUT2D eigenvalue weighted by Gasteiger charge is 2.28. The summed E-state index contributed by atoms with van der Waals surface area (Å²) < 4.78 is 16.0. The van der Waals surface area contributed by atoms with E-state index in [1.165, 1.54) is 26.2 Å². The van der Waals surface area contributed by atoms with Crippen LogP contribution in [0, 0.1) is 0 Å². The summed E-state index contributed by atoms with van der Waals surface area (Å²) in [5, 5.41) is 19.1. The van der Waals surface area contributed by atoms with Gasteiger partial charge >= 0.3 is 17.9 Å². The molecule has 12 heteroatoms. The number of carbonyl (C=O) groups excluding carboxylic acids is 1. The van der Waals surface area contributed by atoms with Gasteiger partial charge in [0.1, 0.15) is 16.9 Å². The lowest BCUT2D eigenvalue weighted by atomic mass is 9.95. The van der Waals surface area contributed by atoms with Gasteiger partial charge in [-0.3, -0.25) is 4.79 Å². The molecule has 0 saturated heterocycles. The van der Waals surface area contributed by atoms with E-state index >= 15 is 0 Å². The number of aromatic amines is 1. The summed E-state index contributed by atoms with van der Waals surface area (Å²) in [5.74, 6) is -4.19. The molecule has 0 saturated carbocycles. The Morgan fingerprint density at radius 2 is 1.81 bits per heavy atom. The predicted molar refractivity (Wildman–Crippen MR) is 112 cm³/mol. The molecule has 166 valence electrons. The first-order chi connectivity index (χ1) is 14.5. The fourth-order valence-electron chi connectivity index (χ4n) is 2.82. The Hall–Kier alpha value is -3.54. The van der Waals surface area contributed by atoms with E-state index in [-0.39, 0.29) is 28.1 Å². The topological polar surface area (TPSA) is 178 Å². The van der Waals surface area contributed by atoms with Crippen molar-refractivity contribution in [2.75, 3.05) is 19.5 Å². The number of anilines is 1. The number of esters is 1. The summed E-state index contributed by atoms with van der Waals surface area (Å²) >= 11 is 3.26. The number of carbonyl (C=O) groups is 3. The Kier molecular flexibility index (Phi) is 7.28. The summed E-state index contributed by atoms with van der Waals surface area (Å²) in [6.07, 6.45) is -1.01. The van der Waals surface area contributed by atoms with Gasteiger partial charge in [0.2, 0.25) is 0 Å². The highest BCUT2D eigenvalue weighted by Crippen LogP contribution is 2.42. The number of methoxy groups -OCH3 is 1. The molecule has 0 spiro atoms. The maximum absolute atomic E-state index is 12.2. The molecule has 1 atom stereocenters. The SMILES string of the molecule is CCOc1cc(-c2c(C(=O)O)c(N)[nH]c(=O)c2C(=O)O)cc(Br)c1OC(C)C(=O)OC. The molecule has 1 aromatic heterocycles. The van der Waals surface area contributed by atoms with Gasteiger partial charge in [-0.1, -0.05) is 0 Å². The third-order valence-electron chi connectivity index (χ3n) is 4.10. The van der Waals surface area contributed by atoms with E-state index in [4.69, 9.17) is 15.2 Å². The second-order valence-corrected chi connectivity index (χ2v) is 6.96. The largest absolute Gasteiger partial charge is 0.490 e. The number of ether oxygens (including phenoxy) is 3. The Labute approximate surface area is 183 Å². The number of halogens is 1. The predicted octanol–water partition coefficient (Wildman–Crippen LogP) is 2.12. The third-order valence-corrected chi connectivity index (χ3v) is 4.69. The van der Waals surface area contributed by atoms with Gasteiger partial charge in [0.05, 0.1) is 18.2 Å². The normalized spacial score (nSPS) is 11.5. The van der Waals surface area contributed by atoms with E-state index in [2.05, 4.69) is 20.7 Å². The quantitative estimate of drug-likeness (QED) is 0.393. The molecule has 1 unspecified atom stereocenters. The monoisotopic (exact) mass is 498 g/mol. The fraction of sp³-hybridized carbons (Fsp3) is 0.263. The average molecular weight is 499 g/mol. The van der Waals surface area contributed by atoms with Crippen LogP contribution in [0.4, 0.5) is 5.82 Å². The number of nitrogen functional groups attached to an aromatic ring is 1. The van der Waals surface area contributed by atoms with Crippen LogP contribution in [0.2, 0.25) is 0 Å². The molecule has 0 radical (unpaired) electrons. The van der Waals surface area contributed by atoms with E-state index in [9.17, 15) is 29.4 Å². The van der Waals surface area contributed by atoms with Gasteiger partial charge in [-0.15, -0.1) is 0 Å². The minimum Gasteiger partial charge on any atom is -0.490 e. The van der Waals surface area contributed by atoms with E-state index in [0.717, 1.165) is 0 Å². The maximum Gasteiger partial charge on any atom is 0.346 e. The first kappa shape index (κ1) is 23.7. The number of nitrogens with two attached hydrogens (primary N) is 1. The van der Waals surface area contributed by atoms with Crippen molar-refractivity contribution in [3.63, 3.8) is 0 Å². The number of pyridine rings is 1. The second kappa shape index (κ2) is 9.51. The first-order valence-corrected chi connectivity index (χ1v) is 9.56. The van der Waals surface area contributed by atoms with Gasteiger partial charge in [0.15, 0.2) is 17.6 Å². The average Bonchev–Trinajstić information content (AvgIpc) is 2.68. The number of carboxylic acids is 2. The van der Waals surface area contributed by atoms with Crippen molar-refractivity contribution in [2.45, 2.75) is 20.0 Å². The molecule has 0 aliphatic rings. The minimum absolute atomic E-state index is 0.0148. The number of rotatable bonds is 8. The van der Waals surface area contributed by atoms with Crippen LogP contribution >= 0.6 is 15.9 Å². The van der Waals surface area contributed by atoms with Crippen LogP contribution < -0.4 is 20.8 Å². The molecular formula is C19H19BrN2O9. The summed E-state index contributed by atoms with van der Waals surface area (Å²) in [6, 6.07) is 2.62. The molecule has 11 nitrogen and oxygen atoms in total. The molecule has 0 bridgehead atoms. The number of nitrogens with one attached hydrogen (secondary N) is 1. The van der Waals surface area contributed by atoms with Crippen molar-refractivity contribution >= 4 is 39.7 Å². The van der Waals surface area contributed by atoms with E-state index in [1.54, 1.807) is 6.92 Å². The number of H-pyrrole nitrogens is 1. The van der Waals surface area contributed by atoms with Crippen LogP contribution in [0.15, 0.2) is 21.4 Å². The lowest BCUT2D eigenvalue weighted by Crippen LogP contribution is -2.25. The molecule has 0 aliphatic heterocycles. The van der Waals surface area contributed by atoms with E-state index in [1.807, 2.05) is 4.98 Å². The van der Waals surface area contributed by atoms with Gasteiger partial charge in [0, 0.05) is 5.56 Å². The van der Waals surface area contributed by atoms with Crippen LogP contribution in [0.5, 0.6) is 11.5 Å². The van der Waals surface area contributed by atoms with Gasteiger partial charge in [-0.25, -0.2) is 14.4 Å². The molecule has 1 heterocycles. The Balaban J connectivity index is 2.84. The van der Waals surface area contributed by atoms with Crippen LogP contribution in [0.25, 0.3) is 11.1 Å². The molecule has 0 amide bonds. The maximum atomic E-state index is 12.2. The number of aromatic carboxylic acids is 2. The Morgan fingerprint density at radius 1 is 1.19 bits per heavy atom. The number of carboxylic acid groups (broad SMARTS) is 2. The van der Waals surface area contributed by atoms with Crippen molar-refractivity contribution in [2.24, 2.45) is 0 Å². The fourth-order valence-corrected chi connectivity index (χ4v) is 3.35. The molecule has 2 rings (SSSR count). The third kappa shape index (κ3) is 4.79. The van der Waals surface area contributed by atoms with Gasteiger partial charge in [-0.2, -0.15) is 0 Å². The Bertz CT molecular complexity index is 1110. The van der Waals surface area contributed by atoms with Crippen LogP contribution in [-0.2, 0) is 9.53 Å². The highest BCUT2D eigenvalue weighted by molar-refractivity contribution is 9.10. The molecule has 0 aliphatic carbocycles. The zero-order valence-corrected chi connectivity index (χ0v) is 18.2. The molecule has 31 heavy (non-hydrogen) atoms. The summed E-state index contributed by atoms with van der Waals surface area (Å²) in [4.78, 5) is 49.5. The van der Waals surface area contributed by atoms with Crippen molar-refractivity contribution in [3.05, 3.63) is 38.1 Å². The van der Waals surface area contributed by atoms with Crippen LogP contribution in [0.3, 0.4) is 0 Å². The smallest absolute Gasteiger partial charge is 0.346 e. The van der Waals surface area contributed by atoms with Gasteiger partial charge in [0.25, 0.3) is 5.56 Å². The van der Waals surface area contributed by atoms with E-state index in [0.29, 0.717) is 0 Å². The zero-order chi connectivity index (χ0) is 23.5. The van der Waals surface area contributed by atoms with E-state index < -0.39 is 52.1 Å². The van der Waals surface area contributed by atoms with Crippen LogP contribution in [-0.4, -0.2) is 52.9 Å². The number of benzene rings is 1. The minimum atomic E-state index is -1.65. The molecule has 5 N–H and O–H groups in total. The molecule has 1 aromatic carbocycles. The van der Waals surface area contributed by atoms with Gasteiger partial charge < -0.3 is 35.1 Å². The number of hydrogen-bond donors (Lipinski definition) is 4. The molecule has 2 aromatic rings. The molecule has 0 fully saturated rings. The number of aromatic nitrogens is 1. The second-order valence-electron chi connectivity index (χ2n) is 6.10. The van der Waals surface area contributed by atoms with Crippen molar-refractivity contribution in [3.8, 4) is 22.6 Å². The lowest BCUT2D eigenvalue weighted by Gasteiger charge is -2.19. The number of hydrogen-bond acceptors (Lipinski definition) is 8. The summed E-state index contributed by atoms with van der Waals surface area (Å²) in [5.41, 5.74) is 2.80. The van der Waals surface area contributed by atoms with Crippen molar-refractivity contribution in [1.82, 2.24) is 4.98 Å². The lowest BCUT2D eigenvalue weighted by molar-refractivity contribution is -0.148. The molecular weight excluding hydrogens is 480 g/mol. The Morgan fingerprint density at radius 3 is 2.32 bits per heavy atom. The van der Waals surface area contributed by atoms with Crippen LogP contribution in [0.1, 0.15) is 34.6 Å². The highest BCUT2D eigenvalue weighted by atomic mass is 79.9. The van der Waals surface area contributed by atoms with Gasteiger partial charge in [-0.05, 0) is 47.5 Å². The zero-order valence-electron chi connectivity index (χ0n) is 16.6. The summed E-state index contributed by atoms with van der Waals surface area (Å²) in [7, 11) is 1.20. The standard InChI is InChI=1S/C19H19BrN2O9/c1-4-30-10-6-8(5-9(20)14(10)31-7(2)19(28)29-3)11-12(17(24)25)15(21)22-16(23)13(11)18(26)27/h5-7H,4H2,1-3H3,(H,24,25)(H,26,27)(H3,21,22,23). The first-order valence-electron chi connectivity index (χ1n) is 8.76.